The molecule has 2 aromatic carbocycles. The zero-order chi connectivity index (χ0) is 17.7. The molecule has 0 aliphatic heterocycles. The van der Waals surface area contributed by atoms with Gasteiger partial charge in [0.1, 0.15) is 0 Å². The van der Waals surface area contributed by atoms with E-state index in [1.54, 1.807) is 18.2 Å². The minimum atomic E-state index is -1.05. The number of carbonyl (C=O) groups is 2. The largest absolute Gasteiger partial charge is 0.449 e. The van der Waals surface area contributed by atoms with Crippen molar-refractivity contribution in [2.45, 2.75) is 13.0 Å². The first kappa shape index (κ1) is 17.9. The number of rotatable bonds is 5. The maximum atomic E-state index is 12.1. The highest BCUT2D eigenvalue weighted by molar-refractivity contribution is 14.1. The second kappa shape index (κ2) is 7.86. The van der Waals surface area contributed by atoms with Gasteiger partial charge in [-0.25, -0.2) is 4.79 Å². The van der Waals surface area contributed by atoms with E-state index < -0.39 is 22.9 Å². The van der Waals surface area contributed by atoms with Crippen molar-refractivity contribution in [2.24, 2.45) is 0 Å². The molecule has 1 atom stereocenters. The van der Waals surface area contributed by atoms with Crippen molar-refractivity contribution in [3.05, 3.63) is 67.8 Å². The zero-order valence-electron chi connectivity index (χ0n) is 12.6. The number of esters is 1. The van der Waals surface area contributed by atoms with Crippen LogP contribution < -0.4 is 5.32 Å². The number of non-ortho nitro benzene ring substituents is 1. The minimum absolute atomic E-state index is 0.142. The number of anilines is 1. The van der Waals surface area contributed by atoms with E-state index in [0.29, 0.717) is 5.56 Å². The molecule has 0 saturated carbocycles. The Morgan fingerprint density at radius 3 is 2.58 bits per heavy atom. The highest BCUT2D eigenvalue weighted by Crippen LogP contribution is 2.17. The second-order valence-electron chi connectivity index (χ2n) is 4.85. The highest BCUT2D eigenvalue weighted by Gasteiger charge is 2.19. The molecular weight excluding hydrogens is 427 g/mol. The van der Waals surface area contributed by atoms with Crippen LogP contribution in [0.3, 0.4) is 0 Å². The molecule has 2 aromatic rings. The predicted molar refractivity (Wildman–Crippen MR) is 95.8 cm³/mol. The summed E-state index contributed by atoms with van der Waals surface area (Å²) in [5, 5.41) is 13.2. The lowest BCUT2D eigenvalue weighted by molar-refractivity contribution is -0.384. The highest BCUT2D eigenvalue weighted by atomic mass is 127. The van der Waals surface area contributed by atoms with Gasteiger partial charge in [-0.3, -0.25) is 14.9 Å². The lowest BCUT2D eigenvalue weighted by Crippen LogP contribution is -2.30. The van der Waals surface area contributed by atoms with Gasteiger partial charge >= 0.3 is 5.97 Å². The summed E-state index contributed by atoms with van der Waals surface area (Å²) < 4.78 is 5.99. The minimum Gasteiger partial charge on any atom is -0.449 e. The van der Waals surface area contributed by atoms with Crippen molar-refractivity contribution in [1.82, 2.24) is 0 Å². The Morgan fingerprint density at radius 2 is 1.92 bits per heavy atom. The van der Waals surface area contributed by atoms with Gasteiger partial charge in [-0.15, -0.1) is 0 Å². The molecule has 0 aliphatic carbocycles. The number of benzene rings is 2. The van der Waals surface area contributed by atoms with Gasteiger partial charge in [-0.05, 0) is 53.8 Å². The van der Waals surface area contributed by atoms with Crippen LogP contribution >= 0.6 is 22.6 Å². The molecule has 2 rings (SSSR count). The summed E-state index contributed by atoms with van der Waals surface area (Å²) >= 11 is 2.07. The van der Waals surface area contributed by atoms with Crippen LogP contribution in [0.2, 0.25) is 0 Å². The fourth-order valence-corrected chi connectivity index (χ4v) is 2.38. The maximum Gasteiger partial charge on any atom is 0.338 e. The molecule has 0 fully saturated rings. The van der Waals surface area contributed by atoms with E-state index in [0.717, 1.165) is 3.57 Å². The number of nitrogens with one attached hydrogen (secondary N) is 1. The fraction of sp³-hybridized carbons (Fsp3) is 0.125. The number of hydrogen-bond donors (Lipinski definition) is 1. The van der Waals surface area contributed by atoms with Crippen LogP contribution in [0.15, 0.2) is 48.5 Å². The number of ether oxygens (including phenoxy) is 1. The molecule has 7 nitrogen and oxygen atoms in total. The summed E-state index contributed by atoms with van der Waals surface area (Å²) in [6.07, 6.45) is -1.05. The normalized spacial score (nSPS) is 11.4. The molecule has 1 amide bonds. The lowest BCUT2D eigenvalue weighted by Gasteiger charge is -2.13. The third-order valence-corrected chi connectivity index (χ3v) is 3.71. The van der Waals surface area contributed by atoms with E-state index in [1.165, 1.54) is 31.2 Å². The van der Waals surface area contributed by atoms with Crippen molar-refractivity contribution in [3.63, 3.8) is 0 Å². The third-order valence-electron chi connectivity index (χ3n) is 3.04. The number of carbonyl (C=O) groups excluding carboxylic acids is 2. The standard InChI is InChI=1S/C16H13IN2O5/c1-10(24-16(21)11-4-2-5-12(17)8-11)15(20)18-13-6-3-7-14(9-13)19(22)23/h2-10H,1H3,(H,18,20). The Morgan fingerprint density at radius 1 is 1.21 bits per heavy atom. The van der Waals surface area contributed by atoms with Gasteiger partial charge in [-0.2, -0.15) is 0 Å². The average molecular weight is 440 g/mol. The molecule has 0 aromatic heterocycles. The molecule has 1 N–H and O–H groups in total. The van der Waals surface area contributed by atoms with Crippen molar-refractivity contribution in [3.8, 4) is 0 Å². The Labute approximate surface area is 151 Å². The zero-order valence-corrected chi connectivity index (χ0v) is 14.7. The monoisotopic (exact) mass is 440 g/mol. The van der Waals surface area contributed by atoms with E-state index >= 15 is 0 Å². The van der Waals surface area contributed by atoms with Gasteiger partial charge in [0.2, 0.25) is 0 Å². The van der Waals surface area contributed by atoms with E-state index in [2.05, 4.69) is 27.9 Å². The molecule has 124 valence electrons. The van der Waals surface area contributed by atoms with Gasteiger partial charge < -0.3 is 10.1 Å². The van der Waals surface area contributed by atoms with Gasteiger partial charge in [0.25, 0.3) is 11.6 Å². The lowest BCUT2D eigenvalue weighted by atomic mass is 10.2. The summed E-state index contributed by atoms with van der Waals surface area (Å²) in [4.78, 5) is 34.2. The van der Waals surface area contributed by atoms with Crippen LogP contribution in [0.4, 0.5) is 11.4 Å². The number of halogens is 1. The first-order valence-corrected chi connectivity index (χ1v) is 7.96. The van der Waals surface area contributed by atoms with Crippen LogP contribution in [-0.4, -0.2) is 22.9 Å². The molecule has 1 unspecified atom stereocenters. The Kier molecular flexibility index (Phi) is 5.85. The van der Waals surface area contributed by atoms with Gasteiger partial charge in [0.05, 0.1) is 10.5 Å². The van der Waals surface area contributed by atoms with Crippen molar-refractivity contribution >= 4 is 45.8 Å². The van der Waals surface area contributed by atoms with Crippen LogP contribution in [-0.2, 0) is 9.53 Å². The molecule has 0 heterocycles. The molecule has 8 heteroatoms. The van der Waals surface area contributed by atoms with Crippen LogP contribution in [0.1, 0.15) is 17.3 Å². The van der Waals surface area contributed by atoms with Crippen molar-refractivity contribution in [2.75, 3.05) is 5.32 Å². The van der Waals surface area contributed by atoms with Crippen LogP contribution in [0.5, 0.6) is 0 Å². The van der Waals surface area contributed by atoms with Crippen LogP contribution in [0, 0.1) is 13.7 Å². The first-order chi connectivity index (χ1) is 11.4. The van der Waals surface area contributed by atoms with Gasteiger partial charge in [0, 0.05) is 21.4 Å². The van der Waals surface area contributed by atoms with Crippen molar-refractivity contribution in [1.29, 1.82) is 0 Å². The van der Waals surface area contributed by atoms with E-state index in [4.69, 9.17) is 4.74 Å². The average Bonchev–Trinajstić information content (AvgIpc) is 2.54. The summed E-state index contributed by atoms with van der Waals surface area (Å²) in [7, 11) is 0. The molecular formula is C16H13IN2O5. The van der Waals surface area contributed by atoms with E-state index in [-0.39, 0.29) is 11.4 Å². The number of nitrogens with zero attached hydrogens (tertiary/aromatic N) is 1. The van der Waals surface area contributed by atoms with Crippen molar-refractivity contribution < 1.29 is 19.2 Å². The van der Waals surface area contributed by atoms with Gasteiger partial charge in [0.15, 0.2) is 6.10 Å². The van der Waals surface area contributed by atoms with Gasteiger partial charge in [-0.1, -0.05) is 12.1 Å². The smallest absolute Gasteiger partial charge is 0.338 e. The first-order valence-electron chi connectivity index (χ1n) is 6.88. The summed E-state index contributed by atoms with van der Waals surface area (Å²) in [6, 6.07) is 12.3. The Balaban J connectivity index is 2.01. The van der Waals surface area contributed by atoms with E-state index in [1.807, 2.05) is 6.07 Å². The SMILES string of the molecule is CC(OC(=O)c1cccc(I)c1)C(=O)Nc1cccc([N+](=O)[O-])c1. The number of hydrogen-bond acceptors (Lipinski definition) is 5. The molecule has 0 aliphatic rings. The van der Waals surface area contributed by atoms with Crippen LogP contribution in [0.25, 0.3) is 0 Å². The molecule has 0 radical (unpaired) electrons. The number of amides is 1. The summed E-state index contributed by atoms with van der Waals surface area (Å²) in [6.45, 7) is 1.43. The summed E-state index contributed by atoms with van der Waals surface area (Å²) in [5.41, 5.74) is 0.458. The van der Waals surface area contributed by atoms with E-state index in [9.17, 15) is 19.7 Å². The quantitative estimate of drug-likeness (QED) is 0.333. The third kappa shape index (κ3) is 4.75. The molecule has 0 bridgehead atoms. The molecule has 0 spiro atoms. The fourth-order valence-electron chi connectivity index (χ4n) is 1.84. The topological polar surface area (TPSA) is 98.5 Å². The predicted octanol–water partition coefficient (Wildman–Crippen LogP) is 3.38. The number of nitro benzene ring substituents is 1. The Hall–Kier alpha value is -2.49. The molecule has 0 saturated heterocycles. The Bertz CT molecular complexity index is 794. The maximum absolute atomic E-state index is 12.1. The number of nitro groups is 1. The summed E-state index contributed by atoms with van der Waals surface area (Å²) in [5.74, 6) is -1.19. The molecule has 24 heavy (non-hydrogen) atoms. The second-order valence-corrected chi connectivity index (χ2v) is 6.10.